The summed E-state index contributed by atoms with van der Waals surface area (Å²) in [5.74, 6) is -0.152. The number of thiophene rings is 1. The Morgan fingerprint density at radius 1 is 1.69 bits per heavy atom. The molecule has 0 fully saturated rings. The third-order valence-corrected chi connectivity index (χ3v) is 3.40. The van der Waals surface area contributed by atoms with E-state index in [0.29, 0.717) is 6.54 Å². The minimum atomic E-state index is -0.551. The van der Waals surface area contributed by atoms with Crippen molar-refractivity contribution < 1.29 is 9.53 Å². The third-order valence-electron chi connectivity index (χ3n) is 2.43. The smallest absolute Gasteiger partial charge is 0.250 e. The Morgan fingerprint density at radius 2 is 2.44 bits per heavy atom. The van der Waals surface area contributed by atoms with E-state index in [4.69, 9.17) is 10.5 Å². The second-order valence-electron chi connectivity index (χ2n) is 3.40. The Bertz CT molecular complexity index is 334. The van der Waals surface area contributed by atoms with E-state index in [1.54, 1.807) is 11.3 Å². The molecule has 16 heavy (non-hydrogen) atoms. The van der Waals surface area contributed by atoms with E-state index in [1.165, 1.54) is 17.6 Å². The number of nitrogens with one attached hydrogen (secondary N) is 1. The third kappa shape index (κ3) is 3.30. The van der Waals surface area contributed by atoms with Gasteiger partial charge in [-0.05, 0) is 23.4 Å². The highest BCUT2D eigenvalue weighted by Crippen LogP contribution is 2.16. The zero-order valence-corrected chi connectivity index (χ0v) is 10.5. The van der Waals surface area contributed by atoms with Crippen LogP contribution < -0.4 is 11.1 Å². The van der Waals surface area contributed by atoms with E-state index in [-0.39, 0.29) is 12.5 Å². The van der Waals surface area contributed by atoms with Crippen molar-refractivity contribution in [3.8, 4) is 0 Å². The van der Waals surface area contributed by atoms with Gasteiger partial charge < -0.3 is 15.8 Å². The SMILES string of the molecule is CCc1ccsc1CNC(=O)C(CN)OC. The summed E-state index contributed by atoms with van der Waals surface area (Å²) >= 11 is 1.66. The molecule has 3 N–H and O–H groups in total. The summed E-state index contributed by atoms with van der Waals surface area (Å²) in [6, 6.07) is 2.09. The Kier molecular flexibility index (Phi) is 5.45. The van der Waals surface area contributed by atoms with Gasteiger partial charge in [0.15, 0.2) is 0 Å². The normalized spacial score (nSPS) is 12.4. The van der Waals surface area contributed by atoms with Gasteiger partial charge in [0.25, 0.3) is 5.91 Å². The highest BCUT2D eigenvalue weighted by atomic mass is 32.1. The number of amides is 1. The fourth-order valence-electron chi connectivity index (χ4n) is 1.43. The molecule has 0 aliphatic rings. The van der Waals surface area contributed by atoms with E-state index in [0.717, 1.165) is 6.42 Å². The summed E-state index contributed by atoms with van der Waals surface area (Å²) in [5.41, 5.74) is 6.69. The number of carbonyl (C=O) groups excluding carboxylic acids is 1. The molecule has 1 atom stereocenters. The van der Waals surface area contributed by atoms with Crippen molar-refractivity contribution in [2.75, 3.05) is 13.7 Å². The average Bonchev–Trinajstić information content (AvgIpc) is 2.75. The van der Waals surface area contributed by atoms with Crippen LogP contribution in [0.1, 0.15) is 17.4 Å². The molecular formula is C11H18N2O2S. The summed E-state index contributed by atoms with van der Waals surface area (Å²) in [7, 11) is 1.49. The van der Waals surface area contributed by atoms with Crippen LogP contribution in [0.25, 0.3) is 0 Å². The van der Waals surface area contributed by atoms with Gasteiger partial charge in [0.1, 0.15) is 6.10 Å². The first-order valence-corrected chi connectivity index (χ1v) is 6.16. The maximum Gasteiger partial charge on any atom is 0.250 e. The standard InChI is InChI=1S/C11H18N2O2S/c1-3-8-4-5-16-10(8)7-13-11(14)9(6-12)15-2/h4-5,9H,3,6-7,12H2,1-2H3,(H,13,14). The lowest BCUT2D eigenvalue weighted by atomic mass is 10.2. The maximum atomic E-state index is 11.6. The summed E-state index contributed by atoms with van der Waals surface area (Å²) in [6.07, 6.45) is 0.435. The number of hydrogen-bond donors (Lipinski definition) is 2. The molecule has 0 radical (unpaired) electrons. The van der Waals surface area contributed by atoms with Crippen LogP contribution in [0.15, 0.2) is 11.4 Å². The molecule has 0 saturated carbocycles. The van der Waals surface area contributed by atoms with Crippen LogP contribution in [-0.2, 0) is 22.5 Å². The summed E-state index contributed by atoms with van der Waals surface area (Å²) in [4.78, 5) is 12.8. The molecule has 0 bridgehead atoms. The summed E-state index contributed by atoms with van der Waals surface area (Å²) < 4.78 is 4.95. The van der Waals surface area contributed by atoms with Crippen LogP contribution >= 0.6 is 11.3 Å². The highest BCUT2D eigenvalue weighted by molar-refractivity contribution is 7.10. The van der Waals surface area contributed by atoms with E-state index in [1.807, 2.05) is 5.38 Å². The van der Waals surface area contributed by atoms with Gasteiger partial charge in [-0.25, -0.2) is 0 Å². The van der Waals surface area contributed by atoms with E-state index < -0.39 is 6.10 Å². The summed E-state index contributed by atoms with van der Waals surface area (Å²) in [6.45, 7) is 2.86. The molecule has 0 aromatic carbocycles. The molecule has 5 heteroatoms. The van der Waals surface area contributed by atoms with Crippen LogP contribution in [0.2, 0.25) is 0 Å². The van der Waals surface area contributed by atoms with Crippen LogP contribution in [0.3, 0.4) is 0 Å². The fraction of sp³-hybridized carbons (Fsp3) is 0.545. The van der Waals surface area contributed by atoms with Crippen molar-refractivity contribution in [3.05, 3.63) is 21.9 Å². The van der Waals surface area contributed by atoms with Crippen molar-refractivity contribution in [1.82, 2.24) is 5.32 Å². The monoisotopic (exact) mass is 242 g/mol. The number of hydrogen-bond acceptors (Lipinski definition) is 4. The highest BCUT2D eigenvalue weighted by Gasteiger charge is 2.15. The fourth-order valence-corrected chi connectivity index (χ4v) is 2.34. The molecule has 0 aliphatic carbocycles. The molecule has 0 spiro atoms. The van der Waals surface area contributed by atoms with Gasteiger partial charge in [0.2, 0.25) is 0 Å². The second-order valence-corrected chi connectivity index (χ2v) is 4.40. The van der Waals surface area contributed by atoms with Crippen LogP contribution in [0.4, 0.5) is 0 Å². The zero-order valence-electron chi connectivity index (χ0n) is 9.66. The number of methoxy groups -OCH3 is 1. The van der Waals surface area contributed by atoms with Crippen molar-refractivity contribution >= 4 is 17.2 Å². The Morgan fingerprint density at radius 3 is 3.00 bits per heavy atom. The lowest BCUT2D eigenvalue weighted by Crippen LogP contribution is -2.40. The predicted octanol–water partition coefficient (Wildman–Crippen LogP) is 0.900. The second kappa shape index (κ2) is 6.62. The molecule has 0 saturated heterocycles. The first-order chi connectivity index (χ1) is 7.72. The molecule has 1 unspecified atom stereocenters. The van der Waals surface area contributed by atoms with Crippen LogP contribution in [0, 0.1) is 0 Å². The Balaban J connectivity index is 2.48. The van der Waals surface area contributed by atoms with Gasteiger partial charge in [-0.2, -0.15) is 0 Å². The Labute approximate surface area is 99.8 Å². The minimum absolute atomic E-state index is 0.152. The lowest BCUT2D eigenvalue weighted by molar-refractivity contribution is -0.130. The molecule has 1 aromatic heterocycles. The average molecular weight is 242 g/mol. The van der Waals surface area contributed by atoms with E-state index >= 15 is 0 Å². The molecule has 1 amide bonds. The molecular weight excluding hydrogens is 224 g/mol. The lowest BCUT2D eigenvalue weighted by Gasteiger charge is -2.12. The van der Waals surface area contributed by atoms with E-state index in [2.05, 4.69) is 18.3 Å². The quantitative estimate of drug-likeness (QED) is 0.779. The molecule has 1 heterocycles. The number of aryl methyl sites for hydroxylation is 1. The minimum Gasteiger partial charge on any atom is -0.370 e. The number of ether oxygens (including phenoxy) is 1. The van der Waals surface area contributed by atoms with Gasteiger partial charge in [-0.15, -0.1) is 11.3 Å². The van der Waals surface area contributed by atoms with Gasteiger partial charge in [0.05, 0.1) is 6.54 Å². The molecule has 1 aromatic rings. The first-order valence-electron chi connectivity index (χ1n) is 5.28. The van der Waals surface area contributed by atoms with Crippen LogP contribution in [-0.4, -0.2) is 25.7 Å². The van der Waals surface area contributed by atoms with Gasteiger partial charge in [-0.3, -0.25) is 4.79 Å². The number of nitrogens with two attached hydrogens (primary N) is 1. The molecule has 90 valence electrons. The predicted molar refractivity (Wildman–Crippen MR) is 65.4 cm³/mol. The first kappa shape index (κ1) is 13.2. The van der Waals surface area contributed by atoms with Crippen molar-refractivity contribution in [3.63, 3.8) is 0 Å². The van der Waals surface area contributed by atoms with Crippen LogP contribution in [0.5, 0.6) is 0 Å². The van der Waals surface area contributed by atoms with Gasteiger partial charge >= 0.3 is 0 Å². The number of carbonyl (C=O) groups is 1. The maximum absolute atomic E-state index is 11.6. The molecule has 1 rings (SSSR count). The molecule has 0 aliphatic heterocycles. The summed E-state index contributed by atoms with van der Waals surface area (Å²) in [5, 5.41) is 4.87. The van der Waals surface area contributed by atoms with E-state index in [9.17, 15) is 4.79 Å². The van der Waals surface area contributed by atoms with Crippen molar-refractivity contribution in [1.29, 1.82) is 0 Å². The molecule has 4 nitrogen and oxygen atoms in total. The number of rotatable bonds is 6. The van der Waals surface area contributed by atoms with Gasteiger partial charge in [-0.1, -0.05) is 6.92 Å². The topological polar surface area (TPSA) is 64.4 Å². The Hall–Kier alpha value is -0.910. The van der Waals surface area contributed by atoms with Gasteiger partial charge in [0, 0.05) is 18.5 Å². The zero-order chi connectivity index (χ0) is 12.0. The van der Waals surface area contributed by atoms with Crippen molar-refractivity contribution in [2.45, 2.75) is 26.0 Å². The largest absolute Gasteiger partial charge is 0.370 e. The van der Waals surface area contributed by atoms with Crippen molar-refractivity contribution in [2.24, 2.45) is 5.73 Å².